The third-order valence-electron chi connectivity index (χ3n) is 2.66. The van der Waals surface area contributed by atoms with Crippen molar-refractivity contribution in [3.8, 4) is 5.75 Å². The third kappa shape index (κ3) is 2.91. The third-order valence-corrected chi connectivity index (χ3v) is 3.29. The lowest BCUT2D eigenvalue weighted by Crippen LogP contribution is -2.03. The molecule has 0 bridgehead atoms. The molecule has 0 fully saturated rings. The zero-order chi connectivity index (χ0) is 13.0. The van der Waals surface area contributed by atoms with E-state index in [1.807, 2.05) is 35.3 Å². The van der Waals surface area contributed by atoms with Crippen molar-refractivity contribution in [2.45, 2.75) is 26.6 Å². The standard InChI is InChI=1S/C13H16BrN3O/c1-2-17-8-10(7-16-17)9-18-13-11(6-15)4-3-5-12(13)14/h3-5,7-8H,2,6,9,15H2,1H3. The van der Waals surface area contributed by atoms with Gasteiger partial charge in [-0.05, 0) is 28.9 Å². The lowest BCUT2D eigenvalue weighted by atomic mass is 10.2. The van der Waals surface area contributed by atoms with Crippen molar-refractivity contribution in [1.82, 2.24) is 9.78 Å². The Hall–Kier alpha value is -1.33. The molecule has 2 N–H and O–H groups in total. The topological polar surface area (TPSA) is 53.1 Å². The Bertz CT molecular complexity index is 525. The Balaban J connectivity index is 2.10. The number of nitrogens with two attached hydrogens (primary N) is 1. The molecule has 0 saturated heterocycles. The Morgan fingerprint density at radius 3 is 2.94 bits per heavy atom. The highest BCUT2D eigenvalue weighted by atomic mass is 79.9. The van der Waals surface area contributed by atoms with Crippen LogP contribution >= 0.6 is 15.9 Å². The van der Waals surface area contributed by atoms with Gasteiger partial charge in [0.25, 0.3) is 0 Å². The summed E-state index contributed by atoms with van der Waals surface area (Å²) in [6.45, 7) is 3.87. The van der Waals surface area contributed by atoms with Crippen LogP contribution in [0.2, 0.25) is 0 Å². The molecule has 0 unspecified atom stereocenters. The minimum absolute atomic E-state index is 0.461. The Labute approximate surface area is 115 Å². The van der Waals surface area contributed by atoms with Gasteiger partial charge in [-0.15, -0.1) is 0 Å². The van der Waals surface area contributed by atoms with Crippen molar-refractivity contribution < 1.29 is 4.74 Å². The molecule has 1 aromatic carbocycles. The molecule has 1 aromatic heterocycles. The highest BCUT2D eigenvalue weighted by Crippen LogP contribution is 2.29. The summed E-state index contributed by atoms with van der Waals surface area (Å²) in [5, 5.41) is 4.21. The first-order valence-electron chi connectivity index (χ1n) is 5.86. The quantitative estimate of drug-likeness (QED) is 0.924. The van der Waals surface area contributed by atoms with Crippen molar-refractivity contribution in [2.24, 2.45) is 5.73 Å². The molecule has 1 heterocycles. The first-order valence-corrected chi connectivity index (χ1v) is 6.65. The summed E-state index contributed by atoms with van der Waals surface area (Å²) in [5.41, 5.74) is 7.74. The number of ether oxygens (including phenoxy) is 1. The van der Waals surface area contributed by atoms with Crippen LogP contribution in [0.4, 0.5) is 0 Å². The average Bonchev–Trinajstić information content (AvgIpc) is 2.85. The normalized spacial score (nSPS) is 10.6. The minimum Gasteiger partial charge on any atom is -0.487 e. The van der Waals surface area contributed by atoms with Crippen LogP contribution in [0.15, 0.2) is 35.1 Å². The molecule has 0 saturated carbocycles. The lowest BCUT2D eigenvalue weighted by Gasteiger charge is -2.11. The molecule has 0 radical (unpaired) electrons. The maximum absolute atomic E-state index is 5.82. The minimum atomic E-state index is 0.461. The smallest absolute Gasteiger partial charge is 0.138 e. The summed E-state index contributed by atoms with van der Waals surface area (Å²) in [5.74, 6) is 0.809. The van der Waals surface area contributed by atoms with Crippen molar-refractivity contribution >= 4 is 15.9 Å². The molecule has 4 nitrogen and oxygen atoms in total. The highest BCUT2D eigenvalue weighted by Gasteiger charge is 2.07. The Kier molecular flexibility index (Phi) is 4.38. The predicted molar refractivity (Wildman–Crippen MR) is 74.3 cm³/mol. The molecule has 96 valence electrons. The second kappa shape index (κ2) is 6.02. The highest BCUT2D eigenvalue weighted by molar-refractivity contribution is 9.10. The summed E-state index contributed by atoms with van der Waals surface area (Å²) in [6, 6.07) is 5.87. The molecule has 0 aliphatic carbocycles. The fraction of sp³-hybridized carbons (Fsp3) is 0.308. The molecular weight excluding hydrogens is 294 g/mol. The van der Waals surface area contributed by atoms with Crippen LogP contribution in [-0.4, -0.2) is 9.78 Å². The SMILES string of the molecule is CCn1cc(COc2c(Br)cccc2CN)cn1. The van der Waals surface area contributed by atoms with Gasteiger partial charge < -0.3 is 10.5 Å². The fourth-order valence-electron chi connectivity index (χ4n) is 1.69. The van der Waals surface area contributed by atoms with Crippen molar-refractivity contribution in [1.29, 1.82) is 0 Å². The van der Waals surface area contributed by atoms with Gasteiger partial charge in [-0.1, -0.05) is 12.1 Å². The van der Waals surface area contributed by atoms with Crippen LogP contribution in [0.25, 0.3) is 0 Å². The molecule has 0 atom stereocenters. The maximum atomic E-state index is 5.82. The van der Waals surface area contributed by atoms with Crippen molar-refractivity contribution in [3.05, 3.63) is 46.2 Å². The molecular formula is C13H16BrN3O. The van der Waals surface area contributed by atoms with E-state index in [0.717, 1.165) is 27.9 Å². The largest absolute Gasteiger partial charge is 0.487 e. The molecule has 0 aliphatic heterocycles. The molecule has 0 spiro atoms. The van der Waals surface area contributed by atoms with Crippen LogP contribution in [0.3, 0.4) is 0 Å². The molecule has 18 heavy (non-hydrogen) atoms. The Morgan fingerprint density at radius 2 is 2.28 bits per heavy atom. The van der Waals surface area contributed by atoms with Gasteiger partial charge in [0.2, 0.25) is 0 Å². The summed E-state index contributed by atoms with van der Waals surface area (Å²) >= 11 is 3.48. The van der Waals surface area contributed by atoms with Gasteiger partial charge in [0.1, 0.15) is 12.4 Å². The number of nitrogens with zero attached hydrogens (tertiary/aromatic N) is 2. The molecule has 0 aliphatic rings. The van der Waals surface area contributed by atoms with Gasteiger partial charge in [0.05, 0.1) is 10.7 Å². The van der Waals surface area contributed by atoms with Gasteiger partial charge in [0.15, 0.2) is 0 Å². The van der Waals surface area contributed by atoms with Gasteiger partial charge in [-0.3, -0.25) is 4.68 Å². The predicted octanol–water partition coefficient (Wildman–Crippen LogP) is 2.70. The van der Waals surface area contributed by atoms with E-state index in [9.17, 15) is 0 Å². The van der Waals surface area contributed by atoms with Crippen LogP contribution in [0, 0.1) is 0 Å². The van der Waals surface area contributed by atoms with Gasteiger partial charge in [-0.25, -0.2) is 0 Å². The summed E-state index contributed by atoms with van der Waals surface area (Å²) < 4.78 is 8.62. The van der Waals surface area contributed by atoms with E-state index in [1.165, 1.54) is 0 Å². The summed E-state index contributed by atoms with van der Waals surface area (Å²) in [4.78, 5) is 0. The van der Waals surface area contributed by atoms with Gasteiger partial charge in [0, 0.05) is 30.4 Å². The van der Waals surface area contributed by atoms with Crippen molar-refractivity contribution in [2.75, 3.05) is 0 Å². The summed E-state index contributed by atoms with van der Waals surface area (Å²) in [6.07, 6.45) is 3.81. The van der Waals surface area contributed by atoms with E-state index >= 15 is 0 Å². The van der Waals surface area contributed by atoms with E-state index in [4.69, 9.17) is 10.5 Å². The van der Waals surface area contributed by atoms with E-state index < -0.39 is 0 Å². The van der Waals surface area contributed by atoms with Crippen LogP contribution < -0.4 is 10.5 Å². The molecule has 2 aromatic rings. The molecule has 0 amide bonds. The second-order valence-electron chi connectivity index (χ2n) is 3.93. The van der Waals surface area contributed by atoms with Gasteiger partial charge >= 0.3 is 0 Å². The number of para-hydroxylation sites is 1. The number of benzene rings is 1. The number of aromatic nitrogens is 2. The van der Waals surface area contributed by atoms with E-state index in [-0.39, 0.29) is 0 Å². The van der Waals surface area contributed by atoms with Crippen molar-refractivity contribution in [3.63, 3.8) is 0 Å². The zero-order valence-corrected chi connectivity index (χ0v) is 11.9. The van der Waals surface area contributed by atoms with E-state index in [2.05, 4.69) is 28.0 Å². The number of halogens is 1. The van der Waals surface area contributed by atoms with Gasteiger partial charge in [-0.2, -0.15) is 5.10 Å². The fourth-order valence-corrected chi connectivity index (χ4v) is 2.21. The second-order valence-corrected chi connectivity index (χ2v) is 4.78. The molecule has 2 rings (SSSR count). The van der Waals surface area contributed by atoms with Crippen LogP contribution in [0.5, 0.6) is 5.75 Å². The van der Waals surface area contributed by atoms with E-state index in [1.54, 1.807) is 0 Å². The average molecular weight is 310 g/mol. The number of hydrogen-bond acceptors (Lipinski definition) is 3. The monoisotopic (exact) mass is 309 g/mol. The number of rotatable bonds is 5. The summed E-state index contributed by atoms with van der Waals surface area (Å²) in [7, 11) is 0. The first-order chi connectivity index (χ1) is 8.74. The lowest BCUT2D eigenvalue weighted by molar-refractivity contribution is 0.301. The number of aryl methyl sites for hydroxylation is 1. The maximum Gasteiger partial charge on any atom is 0.138 e. The van der Waals surface area contributed by atoms with E-state index in [0.29, 0.717) is 13.2 Å². The first kappa shape index (κ1) is 13.1. The zero-order valence-electron chi connectivity index (χ0n) is 10.3. The molecule has 5 heteroatoms. The van der Waals surface area contributed by atoms with Crippen LogP contribution in [0.1, 0.15) is 18.1 Å². The van der Waals surface area contributed by atoms with Crippen LogP contribution in [-0.2, 0) is 19.7 Å². The Morgan fingerprint density at radius 1 is 1.44 bits per heavy atom. The number of hydrogen-bond donors (Lipinski definition) is 1.